The van der Waals surface area contributed by atoms with Crippen molar-refractivity contribution < 1.29 is 10.3 Å². The van der Waals surface area contributed by atoms with Gasteiger partial charge in [0.25, 0.3) is 0 Å². The molecule has 5 heteroatoms. The van der Waals surface area contributed by atoms with Crippen LogP contribution in [-0.2, 0) is 0 Å². The monoisotopic (exact) mass is 263 g/mol. The Hall–Kier alpha value is -1.75. The summed E-state index contributed by atoms with van der Waals surface area (Å²) in [5.74, 6) is 0.700. The molecule has 0 spiro atoms. The molecular weight excluding hydrogens is 242 g/mol. The van der Waals surface area contributed by atoms with Crippen LogP contribution in [0.4, 0.5) is 5.69 Å². The molecule has 1 aliphatic heterocycles. The van der Waals surface area contributed by atoms with Gasteiger partial charge < -0.3 is 20.9 Å². The number of oxime groups is 1. The maximum atomic E-state index is 9.03. The Bertz CT molecular complexity index is 429. The van der Waals surface area contributed by atoms with Gasteiger partial charge in [0, 0.05) is 30.9 Å². The molecule has 1 aromatic carbocycles. The molecule has 0 aromatic heterocycles. The van der Waals surface area contributed by atoms with Gasteiger partial charge >= 0.3 is 0 Å². The van der Waals surface area contributed by atoms with Gasteiger partial charge in [-0.3, -0.25) is 0 Å². The van der Waals surface area contributed by atoms with Crippen LogP contribution in [0.15, 0.2) is 29.4 Å². The quantitative estimate of drug-likeness (QED) is 0.332. The molecule has 2 rings (SSSR count). The van der Waals surface area contributed by atoms with Crippen molar-refractivity contribution in [1.82, 2.24) is 0 Å². The number of aliphatic hydroxyl groups excluding tert-OH is 1. The highest BCUT2D eigenvalue weighted by molar-refractivity contribution is 5.97. The molecule has 0 radical (unpaired) electrons. The fraction of sp³-hybridized carbons (Fsp3) is 0.500. The van der Waals surface area contributed by atoms with E-state index >= 15 is 0 Å². The first-order chi connectivity index (χ1) is 9.24. The average Bonchev–Trinajstić information content (AvgIpc) is 2.47. The molecule has 19 heavy (non-hydrogen) atoms. The van der Waals surface area contributed by atoms with Crippen molar-refractivity contribution in [3.05, 3.63) is 29.8 Å². The molecule has 1 atom stereocenters. The standard InChI is InChI=1S/C14H21N3O2/c15-14(16-19)12-3-5-13(6-4-12)17-8-1-2-11(10-17)7-9-18/h3-6,11,18-19H,1-2,7-10H2,(H2,15,16). The van der Waals surface area contributed by atoms with Gasteiger partial charge in [-0.15, -0.1) is 0 Å². The number of rotatable bonds is 4. The fourth-order valence-corrected chi connectivity index (χ4v) is 2.62. The Kier molecular flexibility index (Phi) is 4.63. The number of anilines is 1. The van der Waals surface area contributed by atoms with Gasteiger partial charge in [0.15, 0.2) is 5.84 Å². The Morgan fingerprint density at radius 2 is 2.11 bits per heavy atom. The smallest absolute Gasteiger partial charge is 0.170 e. The summed E-state index contributed by atoms with van der Waals surface area (Å²) in [6.45, 7) is 2.30. The van der Waals surface area contributed by atoms with Crippen LogP contribution in [0.2, 0.25) is 0 Å². The number of nitrogens with zero attached hydrogens (tertiary/aromatic N) is 2. The van der Waals surface area contributed by atoms with E-state index in [0.717, 1.165) is 37.2 Å². The molecule has 5 nitrogen and oxygen atoms in total. The van der Waals surface area contributed by atoms with E-state index in [0.29, 0.717) is 5.92 Å². The molecule has 0 saturated carbocycles. The van der Waals surface area contributed by atoms with Gasteiger partial charge in [-0.1, -0.05) is 5.16 Å². The maximum absolute atomic E-state index is 9.03. The minimum atomic E-state index is 0.128. The summed E-state index contributed by atoms with van der Waals surface area (Å²) in [6, 6.07) is 7.71. The highest BCUT2D eigenvalue weighted by atomic mass is 16.4. The number of hydrogen-bond acceptors (Lipinski definition) is 4. The zero-order chi connectivity index (χ0) is 13.7. The number of piperidine rings is 1. The second-order valence-electron chi connectivity index (χ2n) is 5.00. The highest BCUT2D eigenvalue weighted by Gasteiger charge is 2.19. The van der Waals surface area contributed by atoms with Crippen molar-refractivity contribution in [2.24, 2.45) is 16.8 Å². The van der Waals surface area contributed by atoms with Crippen LogP contribution in [0.1, 0.15) is 24.8 Å². The predicted molar refractivity (Wildman–Crippen MR) is 75.6 cm³/mol. The van der Waals surface area contributed by atoms with E-state index in [-0.39, 0.29) is 12.4 Å². The molecular formula is C14H21N3O2. The fourth-order valence-electron chi connectivity index (χ4n) is 2.62. The number of benzene rings is 1. The summed E-state index contributed by atoms with van der Waals surface area (Å²) in [5.41, 5.74) is 7.41. The number of amidine groups is 1. The van der Waals surface area contributed by atoms with Crippen LogP contribution in [-0.4, -0.2) is 35.8 Å². The zero-order valence-corrected chi connectivity index (χ0v) is 11.0. The van der Waals surface area contributed by atoms with Gasteiger partial charge in [-0.05, 0) is 49.4 Å². The van der Waals surface area contributed by atoms with Crippen molar-refractivity contribution in [3.8, 4) is 0 Å². The van der Waals surface area contributed by atoms with E-state index in [1.54, 1.807) is 0 Å². The molecule has 0 bridgehead atoms. The Morgan fingerprint density at radius 1 is 1.37 bits per heavy atom. The molecule has 1 aromatic rings. The molecule has 1 unspecified atom stereocenters. The SMILES string of the molecule is N/C(=N/O)c1ccc(N2CCCC(CCO)C2)cc1. The third-order valence-corrected chi connectivity index (χ3v) is 3.69. The third kappa shape index (κ3) is 3.38. The second kappa shape index (κ2) is 6.43. The van der Waals surface area contributed by atoms with Gasteiger partial charge in [-0.2, -0.15) is 0 Å². The Morgan fingerprint density at radius 3 is 2.74 bits per heavy atom. The highest BCUT2D eigenvalue weighted by Crippen LogP contribution is 2.25. The molecule has 1 fully saturated rings. The minimum Gasteiger partial charge on any atom is -0.409 e. The lowest BCUT2D eigenvalue weighted by Crippen LogP contribution is -2.35. The first-order valence-corrected chi connectivity index (χ1v) is 6.68. The minimum absolute atomic E-state index is 0.128. The van der Waals surface area contributed by atoms with Crippen LogP contribution in [0.3, 0.4) is 0 Å². The van der Waals surface area contributed by atoms with Crippen molar-refractivity contribution in [1.29, 1.82) is 0 Å². The topological polar surface area (TPSA) is 82.1 Å². The lowest BCUT2D eigenvalue weighted by atomic mass is 9.94. The largest absolute Gasteiger partial charge is 0.409 e. The average molecular weight is 263 g/mol. The molecule has 1 heterocycles. The summed E-state index contributed by atoms with van der Waals surface area (Å²) >= 11 is 0. The maximum Gasteiger partial charge on any atom is 0.170 e. The molecule has 0 amide bonds. The molecule has 1 saturated heterocycles. The summed E-state index contributed by atoms with van der Waals surface area (Å²) in [7, 11) is 0. The summed E-state index contributed by atoms with van der Waals surface area (Å²) in [5, 5.41) is 20.6. The van der Waals surface area contributed by atoms with E-state index in [1.165, 1.54) is 6.42 Å². The normalized spacial score (nSPS) is 20.6. The van der Waals surface area contributed by atoms with E-state index in [9.17, 15) is 0 Å². The van der Waals surface area contributed by atoms with Crippen molar-refractivity contribution in [3.63, 3.8) is 0 Å². The van der Waals surface area contributed by atoms with Crippen LogP contribution in [0, 0.1) is 5.92 Å². The predicted octanol–water partition coefficient (Wildman–Crippen LogP) is 1.38. The van der Waals surface area contributed by atoms with E-state index in [4.69, 9.17) is 16.0 Å². The molecule has 4 N–H and O–H groups in total. The first-order valence-electron chi connectivity index (χ1n) is 6.68. The summed E-state index contributed by atoms with van der Waals surface area (Å²) in [6.07, 6.45) is 3.23. The van der Waals surface area contributed by atoms with E-state index in [2.05, 4.69) is 10.1 Å². The summed E-state index contributed by atoms with van der Waals surface area (Å²) in [4.78, 5) is 2.33. The van der Waals surface area contributed by atoms with Crippen molar-refractivity contribution in [2.45, 2.75) is 19.3 Å². The number of aliphatic hydroxyl groups is 1. The lowest BCUT2D eigenvalue weighted by molar-refractivity contribution is 0.244. The Labute approximate surface area is 113 Å². The van der Waals surface area contributed by atoms with Crippen LogP contribution in [0.25, 0.3) is 0 Å². The van der Waals surface area contributed by atoms with Gasteiger partial charge in [0.05, 0.1) is 0 Å². The van der Waals surface area contributed by atoms with Gasteiger partial charge in [0.2, 0.25) is 0 Å². The number of hydrogen-bond donors (Lipinski definition) is 3. The van der Waals surface area contributed by atoms with Crippen LogP contribution in [0.5, 0.6) is 0 Å². The van der Waals surface area contributed by atoms with Crippen LogP contribution < -0.4 is 10.6 Å². The van der Waals surface area contributed by atoms with Crippen LogP contribution >= 0.6 is 0 Å². The third-order valence-electron chi connectivity index (χ3n) is 3.69. The molecule has 1 aliphatic rings. The molecule has 0 aliphatic carbocycles. The van der Waals surface area contributed by atoms with E-state index in [1.807, 2.05) is 24.3 Å². The Balaban J connectivity index is 2.05. The summed E-state index contributed by atoms with van der Waals surface area (Å²) < 4.78 is 0. The lowest BCUT2D eigenvalue weighted by Gasteiger charge is -2.34. The second-order valence-corrected chi connectivity index (χ2v) is 5.00. The van der Waals surface area contributed by atoms with E-state index < -0.39 is 0 Å². The number of nitrogens with two attached hydrogens (primary N) is 1. The van der Waals surface area contributed by atoms with Crippen molar-refractivity contribution in [2.75, 3.05) is 24.6 Å². The molecule has 104 valence electrons. The van der Waals surface area contributed by atoms with Gasteiger partial charge in [0.1, 0.15) is 0 Å². The van der Waals surface area contributed by atoms with Gasteiger partial charge in [-0.25, -0.2) is 0 Å². The first kappa shape index (κ1) is 13.7. The van der Waals surface area contributed by atoms with Crippen molar-refractivity contribution >= 4 is 11.5 Å². The zero-order valence-electron chi connectivity index (χ0n) is 11.0.